The van der Waals surface area contributed by atoms with Gasteiger partial charge in [0.05, 0.1) is 19.3 Å². The first-order chi connectivity index (χ1) is 8.15. The van der Waals surface area contributed by atoms with E-state index in [0.29, 0.717) is 5.56 Å². The summed E-state index contributed by atoms with van der Waals surface area (Å²) < 4.78 is 12.6. The van der Waals surface area contributed by atoms with Crippen molar-refractivity contribution >= 4 is 12.0 Å². The molecular formula is C12H14FNO3. The predicted octanol–water partition coefficient (Wildman–Crippen LogP) is 0.308. The Morgan fingerprint density at radius 2 is 1.88 bits per heavy atom. The van der Waals surface area contributed by atoms with E-state index in [1.165, 1.54) is 36.4 Å². The molecule has 0 aliphatic carbocycles. The van der Waals surface area contributed by atoms with E-state index in [1.807, 2.05) is 0 Å². The first kappa shape index (κ1) is 13.3. The lowest BCUT2D eigenvalue weighted by Gasteiger charge is -2.10. The van der Waals surface area contributed by atoms with Gasteiger partial charge in [0.2, 0.25) is 5.91 Å². The van der Waals surface area contributed by atoms with Crippen LogP contribution in [-0.4, -0.2) is 35.4 Å². The second kappa shape index (κ2) is 6.78. The van der Waals surface area contributed by atoms with Gasteiger partial charge in [-0.05, 0) is 23.8 Å². The molecule has 1 aromatic carbocycles. The van der Waals surface area contributed by atoms with Gasteiger partial charge in [-0.15, -0.1) is 0 Å². The van der Waals surface area contributed by atoms with Crippen LogP contribution in [0, 0.1) is 5.82 Å². The fourth-order valence-corrected chi connectivity index (χ4v) is 1.14. The molecule has 0 saturated heterocycles. The molecule has 0 heterocycles. The minimum atomic E-state index is -0.666. The summed E-state index contributed by atoms with van der Waals surface area (Å²) in [6.45, 7) is -0.654. The zero-order valence-electron chi connectivity index (χ0n) is 9.14. The summed E-state index contributed by atoms with van der Waals surface area (Å²) in [5, 5.41) is 19.9. The van der Waals surface area contributed by atoms with E-state index in [1.54, 1.807) is 0 Å². The van der Waals surface area contributed by atoms with Crippen molar-refractivity contribution in [2.75, 3.05) is 13.2 Å². The van der Waals surface area contributed by atoms with E-state index >= 15 is 0 Å². The third-order valence-corrected chi connectivity index (χ3v) is 2.08. The van der Waals surface area contributed by atoms with E-state index in [-0.39, 0.29) is 19.0 Å². The average Bonchev–Trinajstić information content (AvgIpc) is 2.35. The summed E-state index contributed by atoms with van der Waals surface area (Å²) in [7, 11) is 0. The Morgan fingerprint density at radius 1 is 1.29 bits per heavy atom. The van der Waals surface area contributed by atoms with Gasteiger partial charge in [-0.25, -0.2) is 4.39 Å². The van der Waals surface area contributed by atoms with Gasteiger partial charge in [0.1, 0.15) is 5.82 Å². The van der Waals surface area contributed by atoms with E-state index in [4.69, 9.17) is 10.2 Å². The topological polar surface area (TPSA) is 69.6 Å². The second-order valence-electron chi connectivity index (χ2n) is 3.46. The van der Waals surface area contributed by atoms with Crippen molar-refractivity contribution in [3.05, 3.63) is 41.7 Å². The number of carbonyl (C=O) groups is 1. The number of aliphatic hydroxyl groups is 2. The number of hydrogen-bond donors (Lipinski definition) is 3. The zero-order valence-corrected chi connectivity index (χ0v) is 9.14. The Hall–Kier alpha value is -1.72. The smallest absolute Gasteiger partial charge is 0.244 e. The molecule has 0 atom stereocenters. The monoisotopic (exact) mass is 239 g/mol. The minimum absolute atomic E-state index is 0.327. The van der Waals surface area contributed by atoms with E-state index < -0.39 is 11.9 Å². The third-order valence-electron chi connectivity index (χ3n) is 2.08. The van der Waals surface area contributed by atoms with Gasteiger partial charge < -0.3 is 15.5 Å². The van der Waals surface area contributed by atoms with E-state index in [2.05, 4.69) is 5.32 Å². The maximum absolute atomic E-state index is 12.6. The Balaban J connectivity index is 2.53. The molecule has 3 N–H and O–H groups in total. The number of rotatable bonds is 5. The molecule has 0 bridgehead atoms. The number of halogens is 1. The Labute approximate surface area is 98.4 Å². The number of aliphatic hydroxyl groups excluding tert-OH is 2. The molecule has 17 heavy (non-hydrogen) atoms. The van der Waals surface area contributed by atoms with Crippen LogP contribution in [0.1, 0.15) is 5.56 Å². The molecule has 92 valence electrons. The molecule has 0 saturated carbocycles. The lowest BCUT2D eigenvalue weighted by Crippen LogP contribution is -2.39. The zero-order chi connectivity index (χ0) is 12.7. The van der Waals surface area contributed by atoms with Crippen molar-refractivity contribution < 1.29 is 19.4 Å². The van der Waals surface area contributed by atoms with E-state index in [9.17, 15) is 9.18 Å². The second-order valence-corrected chi connectivity index (χ2v) is 3.46. The minimum Gasteiger partial charge on any atom is -0.394 e. The molecule has 5 heteroatoms. The summed E-state index contributed by atoms with van der Waals surface area (Å²) in [5.74, 6) is -0.769. The third kappa shape index (κ3) is 4.76. The normalized spacial score (nSPS) is 11.1. The number of hydrogen-bond acceptors (Lipinski definition) is 3. The fraction of sp³-hybridized carbons (Fsp3) is 0.250. The lowest BCUT2D eigenvalue weighted by atomic mass is 10.2. The molecule has 0 aromatic heterocycles. The van der Waals surface area contributed by atoms with Crippen molar-refractivity contribution in [3.8, 4) is 0 Å². The van der Waals surface area contributed by atoms with Gasteiger partial charge in [0.25, 0.3) is 0 Å². The highest BCUT2D eigenvalue weighted by atomic mass is 19.1. The molecule has 1 aromatic rings. The van der Waals surface area contributed by atoms with E-state index in [0.717, 1.165) is 0 Å². The molecule has 0 aliphatic rings. The number of nitrogens with one attached hydrogen (secondary N) is 1. The summed E-state index contributed by atoms with van der Waals surface area (Å²) in [6.07, 6.45) is 2.77. The van der Waals surface area contributed by atoms with Gasteiger partial charge >= 0.3 is 0 Å². The van der Waals surface area contributed by atoms with Crippen molar-refractivity contribution in [1.29, 1.82) is 0 Å². The number of benzene rings is 1. The number of carbonyl (C=O) groups excluding carboxylic acids is 1. The summed E-state index contributed by atoms with van der Waals surface area (Å²) in [6, 6.07) is 4.99. The highest BCUT2D eigenvalue weighted by Gasteiger charge is 2.06. The Morgan fingerprint density at radius 3 is 2.41 bits per heavy atom. The fourth-order valence-electron chi connectivity index (χ4n) is 1.14. The van der Waals surface area contributed by atoms with Gasteiger partial charge in [0, 0.05) is 6.08 Å². The van der Waals surface area contributed by atoms with Crippen LogP contribution in [0.15, 0.2) is 30.3 Å². The molecule has 0 aliphatic heterocycles. The molecule has 1 amide bonds. The van der Waals surface area contributed by atoms with Crippen molar-refractivity contribution in [2.45, 2.75) is 6.04 Å². The van der Waals surface area contributed by atoms with Gasteiger partial charge in [-0.1, -0.05) is 12.1 Å². The maximum atomic E-state index is 12.6. The van der Waals surface area contributed by atoms with Crippen LogP contribution in [-0.2, 0) is 4.79 Å². The maximum Gasteiger partial charge on any atom is 0.244 e. The van der Waals surface area contributed by atoms with Crippen LogP contribution in [0.3, 0.4) is 0 Å². The molecule has 0 spiro atoms. The predicted molar refractivity (Wildman–Crippen MR) is 61.5 cm³/mol. The first-order valence-corrected chi connectivity index (χ1v) is 5.11. The summed E-state index contributed by atoms with van der Waals surface area (Å²) >= 11 is 0. The van der Waals surface area contributed by atoms with Gasteiger partial charge in [-0.3, -0.25) is 4.79 Å². The van der Waals surface area contributed by atoms with Crippen molar-refractivity contribution in [3.63, 3.8) is 0 Å². The highest BCUT2D eigenvalue weighted by Crippen LogP contribution is 2.04. The van der Waals surface area contributed by atoms with Crippen LogP contribution < -0.4 is 5.32 Å². The standard InChI is InChI=1S/C12H14FNO3/c13-10-4-1-9(2-5-10)3-6-12(17)14-11(7-15)8-16/h1-6,11,15-16H,7-8H2,(H,14,17). The van der Waals surface area contributed by atoms with Gasteiger partial charge in [0.15, 0.2) is 0 Å². The van der Waals surface area contributed by atoms with Crippen LogP contribution in [0.4, 0.5) is 4.39 Å². The van der Waals surface area contributed by atoms with Crippen LogP contribution >= 0.6 is 0 Å². The van der Waals surface area contributed by atoms with Crippen molar-refractivity contribution in [2.24, 2.45) is 0 Å². The molecular weight excluding hydrogens is 225 g/mol. The van der Waals surface area contributed by atoms with Crippen LogP contribution in [0.5, 0.6) is 0 Å². The molecule has 0 radical (unpaired) electrons. The largest absolute Gasteiger partial charge is 0.394 e. The summed E-state index contributed by atoms with van der Waals surface area (Å²) in [4.78, 5) is 11.3. The van der Waals surface area contributed by atoms with Gasteiger partial charge in [-0.2, -0.15) is 0 Å². The Bertz CT molecular complexity index is 385. The highest BCUT2D eigenvalue weighted by molar-refractivity contribution is 5.91. The molecule has 0 unspecified atom stereocenters. The average molecular weight is 239 g/mol. The molecule has 4 nitrogen and oxygen atoms in total. The SMILES string of the molecule is O=C(C=Cc1ccc(F)cc1)NC(CO)CO. The summed E-state index contributed by atoms with van der Waals surface area (Å²) in [5.41, 5.74) is 0.686. The number of amides is 1. The molecule has 1 rings (SSSR count). The van der Waals surface area contributed by atoms with Crippen LogP contribution in [0.2, 0.25) is 0 Å². The van der Waals surface area contributed by atoms with Crippen molar-refractivity contribution in [1.82, 2.24) is 5.32 Å². The first-order valence-electron chi connectivity index (χ1n) is 5.11. The molecule has 0 fully saturated rings. The Kier molecular flexibility index (Phi) is 5.32. The lowest BCUT2D eigenvalue weighted by molar-refractivity contribution is -0.117. The van der Waals surface area contributed by atoms with Crippen LogP contribution in [0.25, 0.3) is 6.08 Å². The quantitative estimate of drug-likeness (QED) is 0.648.